The minimum absolute atomic E-state index is 0.133. The Hall–Kier alpha value is -2.68. The molecule has 2 amide bonds. The average molecular weight is 400 g/mol. The highest BCUT2D eigenvalue weighted by Crippen LogP contribution is 2.44. The third-order valence-corrected chi connectivity index (χ3v) is 6.38. The SMILES string of the molecule is Cc1cnn(Cc2cc(C(=O)N3CCC4(CCCN(C)C4C(N)=O)CC3)no2)c1. The molecule has 2 fully saturated rings. The molecule has 2 aliphatic heterocycles. The number of aromatic nitrogens is 3. The maximum atomic E-state index is 12.9. The largest absolute Gasteiger partial charge is 0.368 e. The smallest absolute Gasteiger partial charge is 0.276 e. The molecule has 9 nitrogen and oxygen atoms in total. The van der Waals surface area contributed by atoms with E-state index in [0.717, 1.165) is 37.8 Å². The molecular formula is C20H28N6O3. The number of primary amides is 1. The number of rotatable bonds is 4. The summed E-state index contributed by atoms with van der Waals surface area (Å²) >= 11 is 0. The van der Waals surface area contributed by atoms with Gasteiger partial charge in [0.25, 0.3) is 5.91 Å². The van der Waals surface area contributed by atoms with Gasteiger partial charge in [-0.15, -0.1) is 0 Å². The van der Waals surface area contributed by atoms with Crippen LogP contribution in [0.25, 0.3) is 0 Å². The molecule has 0 aliphatic carbocycles. The zero-order valence-corrected chi connectivity index (χ0v) is 17.0. The summed E-state index contributed by atoms with van der Waals surface area (Å²) in [6, 6.07) is 1.43. The van der Waals surface area contributed by atoms with Gasteiger partial charge in [-0.3, -0.25) is 19.2 Å². The minimum atomic E-state index is -0.262. The molecule has 9 heteroatoms. The fourth-order valence-electron chi connectivity index (χ4n) is 4.97. The van der Waals surface area contributed by atoms with Gasteiger partial charge in [0.05, 0.1) is 12.2 Å². The summed E-state index contributed by atoms with van der Waals surface area (Å²) in [4.78, 5) is 28.9. The van der Waals surface area contributed by atoms with Crippen LogP contribution in [-0.2, 0) is 11.3 Å². The maximum Gasteiger partial charge on any atom is 0.276 e. The number of hydrogen-bond acceptors (Lipinski definition) is 6. The van der Waals surface area contributed by atoms with Gasteiger partial charge >= 0.3 is 0 Å². The van der Waals surface area contributed by atoms with Crippen molar-refractivity contribution < 1.29 is 14.1 Å². The molecule has 0 saturated carbocycles. The maximum absolute atomic E-state index is 12.9. The number of nitrogens with two attached hydrogens (primary N) is 1. The lowest BCUT2D eigenvalue weighted by Gasteiger charge is -2.51. The number of carbonyl (C=O) groups excluding carboxylic acids is 2. The molecule has 2 aromatic rings. The van der Waals surface area contributed by atoms with Crippen molar-refractivity contribution in [2.45, 2.75) is 45.2 Å². The van der Waals surface area contributed by atoms with Gasteiger partial charge in [-0.1, -0.05) is 5.16 Å². The molecule has 156 valence electrons. The van der Waals surface area contributed by atoms with Crippen molar-refractivity contribution >= 4 is 11.8 Å². The van der Waals surface area contributed by atoms with Crippen LogP contribution in [0.2, 0.25) is 0 Å². The summed E-state index contributed by atoms with van der Waals surface area (Å²) in [6.07, 6.45) is 7.25. The second-order valence-corrected chi connectivity index (χ2v) is 8.44. The Bertz CT molecular complexity index is 896. The van der Waals surface area contributed by atoms with Gasteiger partial charge in [0, 0.05) is 25.4 Å². The number of aryl methyl sites for hydroxylation is 1. The number of piperidine rings is 2. The zero-order chi connectivity index (χ0) is 20.6. The first kappa shape index (κ1) is 19.6. The van der Waals surface area contributed by atoms with Gasteiger partial charge < -0.3 is 15.2 Å². The zero-order valence-electron chi connectivity index (χ0n) is 17.0. The van der Waals surface area contributed by atoms with Crippen molar-refractivity contribution in [2.75, 3.05) is 26.7 Å². The van der Waals surface area contributed by atoms with Crippen LogP contribution in [0.4, 0.5) is 0 Å². The fourth-order valence-corrected chi connectivity index (χ4v) is 4.97. The van der Waals surface area contributed by atoms with Crippen LogP contribution in [0.1, 0.15) is 47.5 Å². The Balaban J connectivity index is 1.41. The Morgan fingerprint density at radius 2 is 2.03 bits per heavy atom. The van der Waals surface area contributed by atoms with Gasteiger partial charge in [0.1, 0.15) is 6.54 Å². The van der Waals surface area contributed by atoms with Crippen molar-refractivity contribution in [3.63, 3.8) is 0 Å². The molecule has 0 bridgehead atoms. The van der Waals surface area contributed by atoms with Gasteiger partial charge in [0.15, 0.2) is 11.5 Å². The molecule has 2 aliphatic rings. The van der Waals surface area contributed by atoms with Gasteiger partial charge in [0.2, 0.25) is 5.91 Å². The number of likely N-dealkylation sites (N-methyl/N-ethyl adjacent to an activating group) is 1. The molecular weight excluding hydrogens is 372 g/mol. The third-order valence-electron chi connectivity index (χ3n) is 6.38. The average Bonchev–Trinajstić information content (AvgIpc) is 3.31. The molecule has 1 atom stereocenters. The van der Waals surface area contributed by atoms with E-state index in [0.29, 0.717) is 31.1 Å². The van der Waals surface area contributed by atoms with E-state index in [1.165, 1.54) is 0 Å². The summed E-state index contributed by atoms with van der Waals surface area (Å²) < 4.78 is 7.08. The first-order chi connectivity index (χ1) is 13.9. The molecule has 2 saturated heterocycles. The van der Waals surface area contributed by atoms with E-state index >= 15 is 0 Å². The van der Waals surface area contributed by atoms with Crippen LogP contribution < -0.4 is 5.73 Å². The predicted octanol–water partition coefficient (Wildman–Crippen LogP) is 1.03. The Morgan fingerprint density at radius 1 is 1.28 bits per heavy atom. The molecule has 1 unspecified atom stereocenters. The van der Waals surface area contributed by atoms with Crippen molar-refractivity contribution in [2.24, 2.45) is 11.1 Å². The van der Waals surface area contributed by atoms with Crippen LogP contribution in [0.15, 0.2) is 23.0 Å². The van der Waals surface area contributed by atoms with Crippen molar-refractivity contribution in [1.82, 2.24) is 24.7 Å². The highest BCUT2D eigenvalue weighted by molar-refractivity contribution is 5.92. The van der Waals surface area contributed by atoms with Gasteiger partial charge in [-0.25, -0.2) is 0 Å². The summed E-state index contributed by atoms with van der Waals surface area (Å²) in [5, 5.41) is 8.19. The minimum Gasteiger partial charge on any atom is -0.368 e. The molecule has 29 heavy (non-hydrogen) atoms. The van der Waals surface area contributed by atoms with Crippen LogP contribution in [-0.4, -0.2) is 69.3 Å². The normalized spacial score (nSPS) is 22.1. The molecule has 0 radical (unpaired) electrons. The Kier molecular flexibility index (Phi) is 5.16. The Morgan fingerprint density at radius 3 is 2.69 bits per heavy atom. The molecule has 4 heterocycles. The lowest BCUT2D eigenvalue weighted by atomic mass is 9.66. The fraction of sp³-hybridized carbons (Fsp3) is 0.600. The van der Waals surface area contributed by atoms with Crippen molar-refractivity contribution in [1.29, 1.82) is 0 Å². The molecule has 2 N–H and O–H groups in total. The lowest BCUT2D eigenvalue weighted by Crippen LogP contribution is -2.60. The van der Waals surface area contributed by atoms with E-state index in [9.17, 15) is 9.59 Å². The van der Waals surface area contributed by atoms with Crippen molar-refractivity contribution in [3.05, 3.63) is 35.5 Å². The molecule has 0 aromatic carbocycles. The standard InChI is InChI=1S/C20H28N6O3/c1-14-11-22-26(12-14)13-15-10-16(23-29-15)19(28)25-8-5-20(6-9-25)4-3-7-24(2)17(20)18(21)27/h10-12,17H,3-9,13H2,1-2H3,(H2,21,27). The van der Waals surface area contributed by atoms with Gasteiger partial charge in [-0.2, -0.15) is 5.10 Å². The van der Waals surface area contributed by atoms with Crippen LogP contribution >= 0.6 is 0 Å². The molecule has 2 aromatic heterocycles. The van der Waals surface area contributed by atoms with Gasteiger partial charge in [-0.05, 0) is 57.2 Å². The second-order valence-electron chi connectivity index (χ2n) is 8.44. The summed E-state index contributed by atoms with van der Waals surface area (Å²) in [5.41, 5.74) is 6.96. The van der Waals surface area contributed by atoms with Crippen LogP contribution in [0, 0.1) is 12.3 Å². The Labute approximate surface area is 169 Å². The highest BCUT2D eigenvalue weighted by atomic mass is 16.5. The van der Waals surface area contributed by atoms with E-state index in [4.69, 9.17) is 10.3 Å². The summed E-state index contributed by atoms with van der Waals surface area (Å²) in [5.74, 6) is 0.195. The first-order valence-corrected chi connectivity index (χ1v) is 10.1. The third kappa shape index (κ3) is 3.78. The molecule has 1 spiro atoms. The monoisotopic (exact) mass is 400 g/mol. The quantitative estimate of drug-likeness (QED) is 0.821. The number of hydrogen-bond donors (Lipinski definition) is 1. The molecule has 4 rings (SSSR count). The lowest BCUT2D eigenvalue weighted by molar-refractivity contribution is -0.132. The number of amides is 2. The number of carbonyl (C=O) groups is 2. The van der Waals surface area contributed by atoms with E-state index in [-0.39, 0.29) is 23.3 Å². The second kappa shape index (κ2) is 7.62. The van der Waals surface area contributed by atoms with Crippen LogP contribution in [0.5, 0.6) is 0 Å². The van der Waals surface area contributed by atoms with E-state index in [1.54, 1.807) is 21.8 Å². The number of likely N-dealkylation sites (tertiary alicyclic amines) is 2. The summed E-state index contributed by atoms with van der Waals surface area (Å²) in [7, 11) is 1.96. The van der Waals surface area contributed by atoms with Crippen molar-refractivity contribution in [3.8, 4) is 0 Å². The summed E-state index contributed by atoms with van der Waals surface area (Å²) in [6.45, 7) is 4.47. The van der Waals surface area contributed by atoms with E-state index in [2.05, 4.69) is 15.2 Å². The predicted molar refractivity (Wildman–Crippen MR) is 105 cm³/mol. The van der Waals surface area contributed by atoms with Crippen LogP contribution in [0.3, 0.4) is 0 Å². The topological polar surface area (TPSA) is 110 Å². The first-order valence-electron chi connectivity index (χ1n) is 10.1. The van der Waals surface area contributed by atoms with E-state index < -0.39 is 0 Å². The number of nitrogens with zero attached hydrogens (tertiary/aromatic N) is 5. The van der Waals surface area contributed by atoms with E-state index in [1.807, 2.05) is 20.2 Å². The highest BCUT2D eigenvalue weighted by Gasteiger charge is 2.48.